The van der Waals surface area contributed by atoms with Gasteiger partial charge < -0.3 is 14.5 Å². The summed E-state index contributed by atoms with van der Waals surface area (Å²) in [6.45, 7) is 0. The molecule has 1 aromatic carbocycles. The molecule has 94 valence electrons. The first-order valence-corrected chi connectivity index (χ1v) is 5.48. The lowest BCUT2D eigenvalue weighted by Crippen LogP contribution is -2.05. The molecular formula is C13H14N2O3. The highest BCUT2D eigenvalue weighted by atomic mass is 16.5. The highest BCUT2D eigenvalue weighted by molar-refractivity contribution is 5.92. The molecule has 0 amide bonds. The molecule has 0 radical (unpaired) electrons. The Bertz CT molecular complexity index is 535. The van der Waals surface area contributed by atoms with Gasteiger partial charge in [0.2, 0.25) is 0 Å². The number of carbonyl (C=O) groups excluding carboxylic acids is 1. The van der Waals surface area contributed by atoms with Crippen LogP contribution in [-0.4, -0.2) is 30.2 Å². The van der Waals surface area contributed by atoms with Crippen molar-refractivity contribution in [2.24, 2.45) is 0 Å². The maximum Gasteiger partial charge on any atom is 0.341 e. The van der Waals surface area contributed by atoms with Crippen LogP contribution in [-0.2, 0) is 11.2 Å². The maximum absolute atomic E-state index is 11.6. The zero-order valence-electron chi connectivity index (χ0n) is 10.3. The van der Waals surface area contributed by atoms with Crippen LogP contribution in [0.1, 0.15) is 21.7 Å². The van der Waals surface area contributed by atoms with E-state index in [2.05, 4.69) is 9.97 Å². The number of H-pyrrole nitrogens is 1. The molecule has 5 heteroatoms. The minimum Gasteiger partial charge on any atom is -0.496 e. The highest BCUT2D eigenvalue weighted by Crippen LogP contribution is 2.21. The highest BCUT2D eigenvalue weighted by Gasteiger charge is 2.13. The van der Waals surface area contributed by atoms with Crippen molar-refractivity contribution in [3.63, 3.8) is 0 Å². The Balaban J connectivity index is 2.30. The molecule has 2 aromatic rings. The van der Waals surface area contributed by atoms with Gasteiger partial charge in [-0.25, -0.2) is 9.78 Å². The third kappa shape index (κ3) is 2.51. The number of nitrogens with one attached hydrogen (secondary N) is 1. The molecule has 0 aliphatic heterocycles. The summed E-state index contributed by atoms with van der Waals surface area (Å²) >= 11 is 0. The van der Waals surface area contributed by atoms with Gasteiger partial charge in [0, 0.05) is 18.8 Å². The van der Waals surface area contributed by atoms with Gasteiger partial charge in [0.05, 0.1) is 14.2 Å². The summed E-state index contributed by atoms with van der Waals surface area (Å²) in [6.07, 6.45) is 4.08. The fourth-order valence-corrected chi connectivity index (χ4v) is 1.72. The van der Waals surface area contributed by atoms with Crippen LogP contribution in [0, 0.1) is 0 Å². The fraction of sp³-hybridized carbons (Fsp3) is 0.231. The van der Waals surface area contributed by atoms with Crippen molar-refractivity contribution in [1.29, 1.82) is 0 Å². The molecule has 0 unspecified atom stereocenters. The molecule has 2 rings (SSSR count). The summed E-state index contributed by atoms with van der Waals surface area (Å²) in [6, 6.07) is 5.41. The third-order valence-corrected chi connectivity index (χ3v) is 2.60. The number of esters is 1. The van der Waals surface area contributed by atoms with E-state index in [1.54, 1.807) is 24.5 Å². The Kier molecular flexibility index (Phi) is 3.62. The summed E-state index contributed by atoms with van der Waals surface area (Å²) in [4.78, 5) is 18.8. The summed E-state index contributed by atoms with van der Waals surface area (Å²) in [5.41, 5.74) is 1.38. The van der Waals surface area contributed by atoms with Crippen molar-refractivity contribution in [2.45, 2.75) is 6.42 Å². The Morgan fingerprint density at radius 1 is 1.39 bits per heavy atom. The van der Waals surface area contributed by atoms with E-state index in [-0.39, 0.29) is 0 Å². The van der Waals surface area contributed by atoms with Crippen LogP contribution in [0.4, 0.5) is 0 Å². The lowest BCUT2D eigenvalue weighted by atomic mass is 10.1. The lowest BCUT2D eigenvalue weighted by Gasteiger charge is -2.08. The number of aromatic nitrogens is 2. The van der Waals surface area contributed by atoms with Gasteiger partial charge >= 0.3 is 5.97 Å². The molecule has 18 heavy (non-hydrogen) atoms. The predicted octanol–water partition coefficient (Wildman–Crippen LogP) is 1.80. The fourth-order valence-electron chi connectivity index (χ4n) is 1.72. The van der Waals surface area contributed by atoms with Crippen molar-refractivity contribution in [3.8, 4) is 5.75 Å². The number of benzene rings is 1. The number of ether oxygens (including phenoxy) is 2. The van der Waals surface area contributed by atoms with Crippen molar-refractivity contribution < 1.29 is 14.3 Å². The van der Waals surface area contributed by atoms with E-state index in [1.807, 2.05) is 6.07 Å². The van der Waals surface area contributed by atoms with E-state index in [0.717, 1.165) is 11.4 Å². The largest absolute Gasteiger partial charge is 0.496 e. The monoisotopic (exact) mass is 246 g/mol. The van der Waals surface area contributed by atoms with Crippen LogP contribution < -0.4 is 4.74 Å². The average Bonchev–Trinajstić information content (AvgIpc) is 2.90. The van der Waals surface area contributed by atoms with Crippen LogP contribution in [0.2, 0.25) is 0 Å². The second-order valence-electron chi connectivity index (χ2n) is 3.74. The molecule has 0 bridgehead atoms. The van der Waals surface area contributed by atoms with Gasteiger partial charge in [0.25, 0.3) is 0 Å². The first kappa shape index (κ1) is 12.2. The number of nitrogens with zero attached hydrogens (tertiary/aromatic N) is 1. The molecule has 5 nitrogen and oxygen atoms in total. The summed E-state index contributed by atoms with van der Waals surface area (Å²) in [5.74, 6) is 0.939. The molecule has 0 aliphatic carbocycles. The quantitative estimate of drug-likeness (QED) is 0.835. The third-order valence-electron chi connectivity index (χ3n) is 2.60. The van der Waals surface area contributed by atoms with Crippen molar-refractivity contribution in [2.75, 3.05) is 14.2 Å². The van der Waals surface area contributed by atoms with Crippen LogP contribution >= 0.6 is 0 Å². The molecule has 1 heterocycles. The smallest absolute Gasteiger partial charge is 0.341 e. The SMILES string of the molecule is COC(=O)c1cc(Cc2ncc[nH]2)ccc1OC. The van der Waals surface area contributed by atoms with Crippen LogP contribution in [0.3, 0.4) is 0 Å². The van der Waals surface area contributed by atoms with Crippen molar-refractivity contribution in [1.82, 2.24) is 9.97 Å². The number of rotatable bonds is 4. The van der Waals surface area contributed by atoms with Crippen LogP contribution in [0.15, 0.2) is 30.6 Å². The molecule has 1 N–H and O–H groups in total. The van der Waals surface area contributed by atoms with E-state index >= 15 is 0 Å². The molecule has 0 aliphatic rings. The normalized spacial score (nSPS) is 10.1. The second kappa shape index (κ2) is 5.35. The Morgan fingerprint density at radius 2 is 2.22 bits per heavy atom. The van der Waals surface area contributed by atoms with Crippen LogP contribution in [0.5, 0.6) is 5.75 Å². The predicted molar refractivity (Wildman–Crippen MR) is 65.7 cm³/mol. The standard InChI is InChI=1S/C13H14N2O3/c1-17-11-4-3-9(7-10(11)13(16)18-2)8-12-14-5-6-15-12/h3-7H,8H2,1-2H3,(H,14,15). The van der Waals surface area contributed by atoms with Gasteiger partial charge in [-0.15, -0.1) is 0 Å². The maximum atomic E-state index is 11.6. The van der Waals surface area contributed by atoms with Gasteiger partial charge in [0.15, 0.2) is 0 Å². The van der Waals surface area contributed by atoms with E-state index in [4.69, 9.17) is 9.47 Å². The first-order chi connectivity index (χ1) is 8.74. The molecule has 0 saturated carbocycles. The zero-order chi connectivity index (χ0) is 13.0. The number of carbonyl (C=O) groups is 1. The molecule has 0 fully saturated rings. The van der Waals surface area contributed by atoms with Gasteiger partial charge in [-0.05, 0) is 17.7 Å². The summed E-state index contributed by atoms with van der Waals surface area (Å²) < 4.78 is 9.86. The molecule has 0 atom stereocenters. The van der Waals surface area contributed by atoms with E-state index in [9.17, 15) is 4.79 Å². The lowest BCUT2D eigenvalue weighted by molar-refractivity contribution is 0.0597. The first-order valence-electron chi connectivity index (χ1n) is 5.48. The van der Waals surface area contributed by atoms with Gasteiger partial charge in [-0.2, -0.15) is 0 Å². The molecule has 0 saturated heterocycles. The molecule has 1 aromatic heterocycles. The average molecular weight is 246 g/mol. The van der Waals surface area contributed by atoms with Crippen LogP contribution in [0.25, 0.3) is 0 Å². The zero-order valence-corrected chi connectivity index (χ0v) is 10.3. The number of hydrogen-bond donors (Lipinski definition) is 1. The number of methoxy groups -OCH3 is 2. The number of imidazole rings is 1. The molecular weight excluding hydrogens is 232 g/mol. The second-order valence-corrected chi connectivity index (χ2v) is 3.74. The topological polar surface area (TPSA) is 64.2 Å². The summed E-state index contributed by atoms with van der Waals surface area (Å²) in [7, 11) is 2.87. The molecule has 0 spiro atoms. The Morgan fingerprint density at radius 3 is 2.83 bits per heavy atom. The van der Waals surface area contributed by atoms with E-state index in [1.165, 1.54) is 14.2 Å². The minimum absolute atomic E-state index is 0.409. The Labute approximate surface area is 105 Å². The minimum atomic E-state index is -0.409. The van der Waals surface area contributed by atoms with Crippen molar-refractivity contribution >= 4 is 5.97 Å². The van der Waals surface area contributed by atoms with E-state index < -0.39 is 5.97 Å². The van der Waals surface area contributed by atoms with Crippen molar-refractivity contribution in [3.05, 3.63) is 47.5 Å². The van der Waals surface area contributed by atoms with Gasteiger partial charge in [-0.3, -0.25) is 0 Å². The number of aromatic amines is 1. The van der Waals surface area contributed by atoms with Gasteiger partial charge in [-0.1, -0.05) is 6.07 Å². The Hall–Kier alpha value is -2.30. The van der Waals surface area contributed by atoms with E-state index in [0.29, 0.717) is 17.7 Å². The summed E-state index contributed by atoms with van der Waals surface area (Å²) in [5, 5.41) is 0. The number of hydrogen-bond acceptors (Lipinski definition) is 4. The van der Waals surface area contributed by atoms with Gasteiger partial charge in [0.1, 0.15) is 17.1 Å².